The summed E-state index contributed by atoms with van der Waals surface area (Å²) in [5, 5.41) is 14.6. The SMILES string of the molecule is COc1ccc2c(N)n(-c3ccc(O)cc3)nc2c1. The maximum atomic E-state index is 9.30. The first-order valence-electron chi connectivity index (χ1n) is 5.80. The van der Waals surface area contributed by atoms with Crippen molar-refractivity contribution in [3.05, 3.63) is 42.5 Å². The van der Waals surface area contributed by atoms with E-state index in [4.69, 9.17) is 10.5 Å². The lowest BCUT2D eigenvalue weighted by molar-refractivity contribution is 0.415. The average Bonchev–Trinajstić information content (AvgIpc) is 2.76. The summed E-state index contributed by atoms with van der Waals surface area (Å²) in [4.78, 5) is 0. The van der Waals surface area contributed by atoms with E-state index in [1.807, 2.05) is 18.2 Å². The maximum Gasteiger partial charge on any atom is 0.135 e. The molecule has 0 bridgehead atoms. The minimum atomic E-state index is 0.209. The van der Waals surface area contributed by atoms with E-state index in [2.05, 4.69) is 5.10 Å². The van der Waals surface area contributed by atoms with Crippen molar-refractivity contribution in [3.8, 4) is 17.2 Å². The van der Waals surface area contributed by atoms with Crippen LogP contribution in [-0.2, 0) is 0 Å². The number of rotatable bonds is 2. The van der Waals surface area contributed by atoms with Crippen LogP contribution >= 0.6 is 0 Å². The van der Waals surface area contributed by atoms with Crippen LogP contribution in [0.2, 0.25) is 0 Å². The number of aromatic hydroxyl groups is 1. The Bertz CT molecular complexity index is 732. The number of nitrogens with two attached hydrogens (primary N) is 1. The van der Waals surface area contributed by atoms with Crippen LogP contribution < -0.4 is 10.5 Å². The number of phenolic OH excluding ortho intramolecular Hbond substituents is 1. The Morgan fingerprint density at radius 1 is 1.16 bits per heavy atom. The second-order valence-corrected chi connectivity index (χ2v) is 4.20. The van der Waals surface area contributed by atoms with Crippen LogP contribution in [0.4, 0.5) is 5.82 Å². The lowest BCUT2D eigenvalue weighted by atomic mass is 10.2. The van der Waals surface area contributed by atoms with Gasteiger partial charge in [-0.05, 0) is 36.4 Å². The predicted octanol–water partition coefficient (Wildman–Crippen LogP) is 2.32. The quantitative estimate of drug-likeness (QED) is 0.737. The van der Waals surface area contributed by atoms with Crippen molar-refractivity contribution in [1.29, 1.82) is 0 Å². The van der Waals surface area contributed by atoms with E-state index in [9.17, 15) is 5.11 Å². The van der Waals surface area contributed by atoms with Gasteiger partial charge in [0, 0.05) is 11.5 Å². The summed E-state index contributed by atoms with van der Waals surface area (Å²) >= 11 is 0. The first-order valence-corrected chi connectivity index (χ1v) is 5.80. The Labute approximate surface area is 109 Å². The van der Waals surface area contributed by atoms with Crippen molar-refractivity contribution in [2.24, 2.45) is 0 Å². The highest BCUT2D eigenvalue weighted by Gasteiger charge is 2.10. The highest BCUT2D eigenvalue weighted by Crippen LogP contribution is 2.27. The summed E-state index contributed by atoms with van der Waals surface area (Å²) in [6.07, 6.45) is 0. The number of nitrogen functional groups attached to an aromatic ring is 1. The molecule has 0 unspecified atom stereocenters. The molecule has 0 fully saturated rings. The van der Waals surface area contributed by atoms with Crippen molar-refractivity contribution in [3.63, 3.8) is 0 Å². The Balaban J connectivity index is 2.19. The molecule has 19 heavy (non-hydrogen) atoms. The van der Waals surface area contributed by atoms with Crippen LogP contribution in [0.3, 0.4) is 0 Å². The number of anilines is 1. The number of nitrogens with zero attached hydrogens (tertiary/aromatic N) is 2. The zero-order chi connectivity index (χ0) is 13.4. The lowest BCUT2D eigenvalue weighted by Gasteiger charge is -2.03. The number of hydrogen-bond donors (Lipinski definition) is 2. The fourth-order valence-electron chi connectivity index (χ4n) is 2.00. The second kappa shape index (κ2) is 4.20. The Morgan fingerprint density at radius 3 is 2.58 bits per heavy atom. The van der Waals surface area contributed by atoms with Crippen LogP contribution in [0.25, 0.3) is 16.6 Å². The monoisotopic (exact) mass is 255 g/mol. The van der Waals surface area contributed by atoms with Crippen LogP contribution in [0, 0.1) is 0 Å². The molecule has 5 nitrogen and oxygen atoms in total. The molecular weight excluding hydrogens is 242 g/mol. The van der Waals surface area contributed by atoms with Gasteiger partial charge in [-0.3, -0.25) is 0 Å². The topological polar surface area (TPSA) is 73.3 Å². The van der Waals surface area contributed by atoms with E-state index in [-0.39, 0.29) is 5.75 Å². The summed E-state index contributed by atoms with van der Waals surface area (Å²) in [5.41, 5.74) is 7.66. The molecule has 0 atom stereocenters. The van der Waals surface area contributed by atoms with E-state index in [1.54, 1.807) is 36.1 Å². The summed E-state index contributed by atoms with van der Waals surface area (Å²) in [6.45, 7) is 0. The van der Waals surface area contributed by atoms with E-state index in [1.165, 1.54) is 0 Å². The van der Waals surface area contributed by atoms with E-state index >= 15 is 0 Å². The Kier molecular flexibility index (Phi) is 2.52. The number of hydrogen-bond acceptors (Lipinski definition) is 4. The van der Waals surface area contributed by atoms with Gasteiger partial charge in [0.2, 0.25) is 0 Å². The van der Waals surface area contributed by atoms with Crippen molar-refractivity contribution in [2.45, 2.75) is 0 Å². The molecule has 3 N–H and O–H groups in total. The molecular formula is C14H13N3O2. The smallest absolute Gasteiger partial charge is 0.135 e. The highest BCUT2D eigenvalue weighted by atomic mass is 16.5. The van der Waals surface area contributed by atoms with Gasteiger partial charge in [0.15, 0.2) is 0 Å². The first kappa shape index (κ1) is 11.4. The van der Waals surface area contributed by atoms with Crippen LogP contribution in [-0.4, -0.2) is 22.0 Å². The molecule has 0 amide bonds. The normalized spacial score (nSPS) is 10.8. The summed E-state index contributed by atoms with van der Waals surface area (Å²) in [7, 11) is 1.61. The van der Waals surface area contributed by atoms with Gasteiger partial charge in [0.05, 0.1) is 18.3 Å². The van der Waals surface area contributed by atoms with Gasteiger partial charge in [0.25, 0.3) is 0 Å². The third-order valence-electron chi connectivity index (χ3n) is 3.01. The number of benzene rings is 2. The van der Waals surface area contributed by atoms with Crippen molar-refractivity contribution in [1.82, 2.24) is 9.78 Å². The number of aromatic nitrogens is 2. The van der Waals surface area contributed by atoms with E-state index in [0.717, 1.165) is 22.3 Å². The third kappa shape index (κ3) is 1.85. The van der Waals surface area contributed by atoms with Crippen LogP contribution in [0.15, 0.2) is 42.5 Å². The standard InChI is InChI=1S/C14H13N3O2/c1-19-11-6-7-12-13(8-11)16-17(14(12)15)9-2-4-10(18)5-3-9/h2-8,18H,15H2,1H3. The predicted molar refractivity (Wildman–Crippen MR) is 73.7 cm³/mol. The summed E-state index contributed by atoms with van der Waals surface area (Å²) in [6, 6.07) is 12.3. The Morgan fingerprint density at radius 2 is 1.89 bits per heavy atom. The molecule has 2 aromatic carbocycles. The number of methoxy groups -OCH3 is 1. The molecule has 0 saturated carbocycles. The minimum absolute atomic E-state index is 0.209. The Hall–Kier alpha value is -2.69. The molecule has 1 aromatic heterocycles. The largest absolute Gasteiger partial charge is 0.508 e. The van der Waals surface area contributed by atoms with Crippen LogP contribution in [0.5, 0.6) is 11.5 Å². The van der Waals surface area contributed by atoms with Gasteiger partial charge >= 0.3 is 0 Å². The zero-order valence-electron chi connectivity index (χ0n) is 10.4. The molecule has 5 heteroatoms. The molecule has 0 saturated heterocycles. The van der Waals surface area contributed by atoms with Crippen molar-refractivity contribution >= 4 is 16.7 Å². The fourth-order valence-corrected chi connectivity index (χ4v) is 2.00. The lowest BCUT2D eigenvalue weighted by Crippen LogP contribution is -2.01. The molecule has 96 valence electrons. The van der Waals surface area contributed by atoms with Gasteiger partial charge in [-0.15, -0.1) is 0 Å². The average molecular weight is 255 g/mol. The molecule has 0 aliphatic carbocycles. The number of fused-ring (bicyclic) bond motifs is 1. The van der Waals surface area contributed by atoms with Gasteiger partial charge < -0.3 is 15.6 Å². The third-order valence-corrected chi connectivity index (χ3v) is 3.01. The molecule has 1 heterocycles. The van der Waals surface area contributed by atoms with Gasteiger partial charge in [-0.2, -0.15) is 5.10 Å². The summed E-state index contributed by atoms with van der Waals surface area (Å²) in [5.74, 6) is 1.51. The van der Waals surface area contributed by atoms with Crippen LogP contribution in [0.1, 0.15) is 0 Å². The van der Waals surface area contributed by atoms with E-state index < -0.39 is 0 Å². The molecule has 0 aliphatic rings. The fraction of sp³-hybridized carbons (Fsp3) is 0.0714. The zero-order valence-corrected chi connectivity index (χ0v) is 10.4. The maximum absolute atomic E-state index is 9.30. The highest BCUT2D eigenvalue weighted by molar-refractivity contribution is 5.90. The first-order chi connectivity index (χ1) is 9.19. The number of phenols is 1. The van der Waals surface area contributed by atoms with Gasteiger partial charge in [0.1, 0.15) is 17.3 Å². The molecule has 0 aliphatic heterocycles. The van der Waals surface area contributed by atoms with Gasteiger partial charge in [-0.25, -0.2) is 4.68 Å². The molecule has 3 rings (SSSR count). The number of ether oxygens (including phenoxy) is 1. The molecule has 0 spiro atoms. The van der Waals surface area contributed by atoms with Crippen molar-refractivity contribution < 1.29 is 9.84 Å². The molecule has 3 aromatic rings. The summed E-state index contributed by atoms with van der Waals surface area (Å²) < 4.78 is 6.81. The van der Waals surface area contributed by atoms with E-state index in [0.29, 0.717) is 5.82 Å². The molecule has 0 radical (unpaired) electrons. The minimum Gasteiger partial charge on any atom is -0.508 e. The second-order valence-electron chi connectivity index (χ2n) is 4.20. The van der Waals surface area contributed by atoms with Crippen molar-refractivity contribution in [2.75, 3.05) is 12.8 Å². The van der Waals surface area contributed by atoms with Gasteiger partial charge in [-0.1, -0.05) is 0 Å².